The van der Waals surface area contributed by atoms with Crippen molar-refractivity contribution >= 4 is 22.9 Å². The molecule has 1 heterocycles. The highest BCUT2D eigenvalue weighted by Crippen LogP contribution is 2.30. The molecule has 0 radical (unpaired) electrons. The Morgan fingerprint density at radius 1 is 1.15 bits per heavy atom. The van der Waals surface area contributed by atoms with E-state index in [1.165, 1.54) is 0 Å². The molecule has 0 amide bonds. The van der Waals surface area contributed by atoms with E-state index in [2.05, 4.69) is 29.6 Å². The van der Waals surface area contributed by atoms with Crippen molar-refractivity contribution in [2.75, 3.05) is 12.8 Å². The molecule has 4 nitrogen and oxygen atoms in total. The number of fused-ring (bicyclic) bond motifs is 1. The first-order chi connectivity index (χ1) is 16.5. The summed E-state index contributed by atoms with van der Waals surface area (Å²) in [4.78, 5) is 13.2. The van der Waals surface area contributed by atoms with E-state index in [4.69, 9.17) is 4.42 Å². The first kappa shape index (κ1) is 27.2. The second-order valence-corrected chi connectivity index (χ2v) is 8.32. The van der Waals surface area contributed by atoms with E-state index in [0.29, 0.717) is 28.8 Å². The van der Waals surface area contributed by atoms with Gasteiger partial charge in [-0.3, -0.25) is 4.79 Å². The summed E-state index contributed by atoms with van der Waals surface area (Å²) in [6.07, 6.45) is 9.60. The first-order valence-corrected chi connectivity index (χ1v) is 12.8. The second kappa shape index (κ2) is 13.6. The van der Waals surface area contributed by atoms with Crippen molar-refractivity contribution in [2.24, 2.45) is 0 Å². The van der Waals surface area contributed by atoms with Gasteiger partial charge in [0.2, 0.25) is 0 Å². The molecule has 0 aliphatic carbocycles. The van der Waals surface area contributed by atoms with Crippen LogP contribution >= 0.6 is 11.9 Å². The monoisotopic (exact) mass is 476 g/mol. The van der Waals surface area contributed by atoms with Gasteiger partial charge in [0.25, 0.3) is 0 Å². The third-order valence-electron chi connectivity index (χ3n) is 5.27. The fourth-order valence-corrected chi connectivity index (χ4v) is 4.04. The molecule has 0 aliphatic rings. The third-order valence-corrected chi connectivity index (χ3v) is 5.74. The fourth-order valence-electron chi connectivity index (χ4n) is 3.64. The fraction of sp³-hybridized carbons (Fsp3) is 0.276. The Kier molecular flexibility index (Phi) is 10.9. The molecule has 3 aromatic rings. The summed E-state index contributed by atoms with van der Waals surface area (Å²) in [5.41, 5.74) is 5.23. The predicted octanol–water partition coefficient (Wildman–Crippen LogP) is 7.25. The average Bonchev–Trinajstić information content (AvgIpc) is 2.86. The van der Waals surface area contributed by atoms with Gasteiger partial charge >= 0.3 is 0 Å². The normalized spacial score (nSPS) is 12.4. The summed E-state index contributed by atoms with van der Waals surface area (Å²) in [5.74, 6) is 0.625. The highest BCUT2D eigenvalue weighted by Gasteiger charge is 2.18. The van der Waals surface area contributed by atoms with Crippen molar-refractivity contribution in [3.05, 3.63) is 106 Å². The van der Waals surface area contributed by atoms with E-state index in [1.807, 2.05) is 88.6 Å². The molecule has 0 spiro atoms. The van der Waals surface area contributed by atoms with Crippen molar-refractivity contribution in [2.45, 2.75) is 40.7 Å². The van der Waals surface area contributed by atoms with Crippen molar-refractivity contribution in [3.8, 4) is 11.3 Å². The zero-order chi connectivity index (χ0) is 25.1. The van der Waals surface area contributed by atoms with Crippen molar-refractivity contribution < 1.29 is 4.42 Å². The van der Waals surface area contributed by atoms with Crippen LogP contribution < -0.4 is 15.5 Å². The van der Waals surface area contributed by atoms with E-state index >= 15 is 0 Å². The minimum atomic E-state index is -0.0256. The zero-order valence-electron chi connectivity index (χ0n) is 21.1. The maximum Gasteiger partial charge on any atom is 0.196 e. The Bertz CT molecular complexity index is 1210. The average molecular weight is 477 g/mol. The van der Waals surface area contributed by atoms with E-state index in [9.17, 15) is 4.79 Å². The molecular weight excluding hydrogens is 440 g/mol. The third kappa shape index (κ3) is 6.75. The van der Waals surface area contributed by atoms with Gasteiger partial charge in [0.05, 0.1) is 5.39 Å². The van der Waals surface area contributed by atoms with Gasteiger partial charge < -0.3 is 14.5 Å². The maximum atomic E-state index is 13.2. The molecule has 0 saturated carbocycles. The molecule has 2 aromatic carbocycles. The predicted molar refractivity (Wildman–Crippen MR) is 149 cm³/mol. The van der Waals surface area contributed by atoms with Crippen LogP contribution in [0.1, 0.15) is 43.5 Å². The van der Waals surface area contributed by atoms with E-state index in [1.54, 1.807) is 18.0 Å². The smallest absolute Gasteiger partial charge is 0.196 e. The van der Waals surface area contributed by atoms with Gasteiger partial charge in [0.15, 0.2) is 5.43 Å². The number of rotatable bonds is 9. The topological polar surface area (TPSA) is 54.3 Å². The van der Waals surface area contributed by atoms with Crippen molar-refractivity contribution in [3.63, 3.8) is 0 Å². The highest BCUT2D eigenvalue weighted by molar-refractivity contribution is 7.96. The van der Waals surface area contributed by atoms with Crippen LogP contribution in [0.5, 0.6) is 0 Å². The molecule has 0 aliphatic heterocycles. The quantitative estimate of drug-likeness (QED) is 0.252. The molecule has 34 heavy (non-hydrogen) atoms. The number of benzene rings is 2. The largest absolute Gasteiger partial charge is 0.455 e. The number of nitrogens with one attached hydrogen (secondary N) is 2. The van der Waals surface area contributed by atoms with Crippen LogP contribution in [-0.4, -0.2) is 12.8 Å². The lowest BCUT2D eigenvalue weighted by Gasteiger charge is -2.19. The SMILES string of the molecule is C=C/C=C\C=C(/CNC(C)c1cc(C)cc2c(=O)c(C)c(-c3ccccc3)oc12)NSC.CC. The van der Waals surface area contributed by atoms with Crippen LogP contribution in [0.25, 0.3) is 22.3 Å². The van der Waals surface area contributed by atoms with Crippen molar-refractivity contribution in [1.82, 2.24) is 10.0 Å². The Morgan fingerprint density at radius 2 is 1.85 bits per heavy atom. The summed E-state index contributed by atoms with van der Waals surface area (Å²) in [6.45, 7) is 14.3. The van der Waals surface area contributed by atoms with Crippen LogP contribution in [0.3, 0.4) is 0 Å². The summed E-state index contributed by atoms with van der Waals surface area (Å²) < 4.78 is 9.70. The molecular formula is C29H36N2O2S. The Morgan fingerprint density at radius 3 is 2.50 bits per heavy atom. The molecule has 0 fully saturated rings. The zero-order valence-corrected chi connectivity index (χ0v) is 21.9. The van der Waals surface area contributed by atoms with Crippen LogP contribution in [0.15, 0.2) is 88.3 Å². The molecule has 2 N–H and O–H groups in total. The molecule has 180 valence electrons. The van der Waals surface area contributed by atoms with Gasteiger partial charge in [-0.25, -0.2) is 0 Å². The minimum absolute atomic E-state index is 0.0152. The van der Waals surface area contributed by atoms with Gasteiger partial charge in [-0.15, -0.1) is 0 Å². The van der Waals surface area contributed by atoms with Crippen LogP contribution in [-0.2, 0) is 0 Å². The molecule has 5 heteroatoms. The van der Waals surface area contributed by atoms with Crippen LogP contribution in [0.4, 0.5) is 0 Å². The van der Waals surface area contributed by atoms with Crippen LogP contribution in [0, 0.1) is 13.8 Å². The van der Waals surface area contributed by atoms with Crippen molar-refractivity contribution in [1.29, 1.82) is 0 Å². The number of hydrogen-bond donors (Lipinski definition) is 2. The molecule has 0 bridgehead atoms. The molecule has 1 unspecified atom stereocenters. The first-order valence-electron chi connectivity index (χ1n) is 11.6. The number of aryl methyl sites for hydroxylation is 1. The summed E-state index contributed by atoms with van der Waals surface area (Å²) in [6, 6.07) is 13.8. The molecule has 3 rings (SSSR count). The Labute approximate surface area is 208 Å². The Balaban J connectivity index is 0.00000199. The summed E-state index contributed by atoms with van der Waals surface area (Å²) >= 11 is 1.55. The molecule has 1 atom stereocenters. The number of allylic oxidation sites excluding steroid dienone is 4. The van der Waals surface area contributed by atoms with E-state index in [0.717, 1.165) is 22.4 Å². The van der Waals surface area contributed by atoms with Gasteiger partial charge in [0.1, 0.15) is 11.3 Å². The van der Waals surface area contributed by atoms with E-state index in [-0.39, 0.29) is 11.5 Å². The van der Waals surface area contributed by atoms with E-state index < -0.39 is 0 Å². The second-order valence-electron chi connectivity index (χ2n) is 7.70. The number of hydrogen-bond acceptors (Lipinski definition) is 5. The van der Waals surface area contributed by atoms with Gasteiger partial charge in [-0.2, -0.15) is 0 Å². The minimum Gasteiger partial charge on any atom is -0.455 e. The maximum absolute atomic E-state index is 13.2. The van der Waals surface area contributed by atoms with Gasteiger partial charge in [0, 0.05) is 41.2 Å². The van der Waals surface area contributed by atoms with Crippen LogP contribution in [0.2, 0.25) is 0 Å². The lowest BCUT2D eigenvalue weighted by Crippen LogP contribution is -2.25. The highest BCUT2D eigenvalue weighted by atomic mass is 32.2. The summed E-state index contributed by atoms with van der Waals surface area (Å²) in [7, 11) is 0. The molecule has 1 aromatic heterocycles. The standard InChI is InChI=1S/C27H30N2O2S.C2H6/c1-6-7-9-14-22(29-32-5)17-28-20(4)23-15-18(2)16-24-25(30)19(3)26(31-27(23)24)21-12-10-8-11-13-21;1-2/h6-16,20,28-29H,1,17H2,2-5H3;1-2H3/b9-7-,22-14+;. The summed E-state index contributed by atoms with van der Waals surface area (Å²) in [5, 5.41) is 4.18. The van der Waals surface area contributed by atoms with Gasteiger partial charge in [-0.1, -0.05) is 87.0 Å². The lowest BCUT2D eigenvalue weighted by molar-refractivity contribution is 0.570. The Hall–Kier alpha value is -3.02. The lowest BCUT2D eigenvalue weighted by atomic mass is 9.99. The molecule has 0 saturated heterocycles. The van der Waals surface area contributed by atoms with Gasteiger partial charge in [-0.05, 0) is 38.5 Å².